The number of rotatable bonds is 7. The van der Waals surface area contributed by atoms with Gasteiger partial charge in [0.25, 0.3) is 0 Å². The summed E-state index contributed by atoms with van der Waals surface area (Å²) in [6.07, 6.45) is 0. The van der Waals surface area contributed by atoms with Gasteiger partial charge in [-0.15, -0.1) is 4.91 Å². The van der Waals surface area contributed by atoms with Gasteiger partial charge in [0.15, 0.2) is 5.69 Å². The van der Waals surface area contributed by atoms with Crippen molar-refractivity contribution in [3.8, 4) is 5.69 Å². The summed E-state index contributed by atoms with van der Waals surface area (Å²) in [7, 11) is -3.72. The van der Waals surface area contributed by atoms with E-state index in [0.29, 0.717) is 17.1 Å². The number of sulfonamides is 1. The minimum absolute atomic E-state index is 0.0199. The molecule has 1 fully saturated rings. The minimum Gasteiger partial charge on any atom is -0.314 e. The Balaban J connectivity index is 0.000000206. The third-order valence-electron chi connectivity index (χ3n) is 6.23. The first-order valence-electron chi connectivity index (χ1n) is 11.7. The highest BCUT2D eigenvalue weighted by Gasteiger charge is 2.33. The molecule has 0 spiro atoms. The lowest BCUT2D eigenvalue weighted by molar-refractivity contribution is -0.527. The first kappa shape index (κ1) is 28.1. The molecule has 1 aliphatic heterocycles. The Kier molecular flexibility index (Phi) is 9.21. The summed E-state index contributed by atoms with van der Waals surface area (Å²) in [4.78, 5) is 23.8. The maximum absolute atomic E-state index is 11.2. The molecule has 4 rings (SSSR count). The lowest BCUT2D eigenvalue weighted by Gasteiger charge is -2.35. The molecule has 1 saturated heterocycles. The molecule has 0 saturated carbocycles. The van der Waals surface area contributed by atoms with Crippen LogP contribution in [0.1, 0.15) is 29.9 Å². The van der Waals surface area contributed by atoms with Crippen molar-refractivity contribution in [1.82, 2.24) is 20.0 Å². The van der Waals surface area contributed by atoms with Gasteiger partial charge in [-0.1, -0.05) is 30.3 Å². The van der Waals surface area contributed by atoms with Crippen LogP contribution in [0.2, 0.25) is 0 Å². The van der Waals surface area contributed by atoms with E-state index in [9.17, 15) is 23.4 Å². The van der Waals surface area contributed by atoms with Gasteiger partial charge in [0, 0.05) is 38.0 Å². The van der Waals surface area contributed by atoms with E-state index >= 15 is 0 Å². The summed E-state index contributed by atoms with van der Waals surface area (Å²) in [6.45, 7) is 8.60. The molecule has 2 aromatic carbocycles. The Morgan fingerprint density at radius 2 is 1.68 bits per heavy atom. The number of primary sulfonamides is 1. The molecule has 13 heteroatoms. The number of hydrogen-bond acceptors (Lipinski definition) is 9. The lowest BCUT2D eigenvalue weighted by Crippen LogP contribution is -2.48. The van der Waals surface area contributed by atoms with E-state index in [2.05, 4.69) is 20.5 Å². The second-order valence-electron chi connectivity index (χ2n) is 8.73. The third-order valence-corrected chi connectivity index (χ3v) is 7.16. The van der Waals surface area contributed by atoms with Gasteiger partial charge in [0.05, 0.1) is 22.0 Å². The number of aryl methyl sites for hydroxylation is 1. The summed E-state index contributed by atoms with van der Waals surface area (Å²) in [6, 6.07) is 14.9. The van der Waals surface area contributed by atoms with Crippen LogP contribution in [0, 0.1) is 28.9 Å². The number of benzene rings is 2. The molecular weight excluding hydrogens is 498 g/mol. The molecular formula is C24H31N7O5S. The molecule has 0 bridgehead atoms. The zero-order valence-electron chi connectivity index (χ0n) is 20.9. The molecule has 2 unspecified atom stereocenters. The van der Waals surface area contributed by atoms with Crippen LogP contribution < -0.4 is 10.5 Å². The molecule has 2 heterocycles. The predicted molar refractivity (Wildman–Crippen MR) is 140 cm³/mol. The fourth-order valence-corrected chi connectivity index (χ4v) is 4.83. The first-order valence-corrected chi connectivity index (χ1v) is 13.2. The summed E-state index contributed by atoms with van der Waals surface area (Å²) in [5.41, 5.74) is 3.06. The average Bonchev–Trinajstić information content (AvgIpc) is 3.18. The zero-order chi connectivity index (χ0) is 27.2. The molecule has 1 aromatic heterocycles. The topological polar surface area (TPSA) is 166 Å². The number of nitrogens with zero attached hydrogens (tertiary/aromatic N) is 5. The van der Waals surface area contributed by atoms with Crippen LogP contribution in [0.15, 0.2) is 64.7 Å². The highest BCUT2D eigenvalue weighted by atomic mass is 32.2. The maximum Gasteiger partial charge on any atom is 0.238 e. The van der Waals surface area contributed by atoms with Crippen molar-refractivity contribution in [1.29, 1.82) is 0 Å². The number of hydrogen-bond donors (Lipinski definition) is 2. The molecule has 0 aliphatic carbocycles. The monoisotopic (exact) mass is 529 g/mol. The molecule has 37 heavy (non-hydrogen) atoms. The van der Waals surface area contributed by atoms with Crippen molar-refractivity contribution in [2.45, 2.75) is 37.8 Å². The van der Waals surface area contributed by atoms with E-state index in [1.807, 2.05) is 30.3 Å². The molecule has 0 radical (unpaired) electrons. The fraction of sp³-hybridized carbons (Fsp3) is 0.375. The zero-order valence-corrected chi connectivity index (χ0v) is 21.8. The molecule has 198 valence electrons. The second kappa shape index (κ2) is 12.1. The number of nitrogens with one attached hydrogen (secondary N) is 1. The van der Waals surface area contributed by atoms with E-state index < -0.39 is 16.1 Å². The fourth-order valence-electron chi connectivity index (χ4n) is 4.32. The van der Waals surface area contributed by atoms with Crippen molar-refractivity contribution >= 4 is 15.7 Å². The van der Waals surface area contributed by atoms with Crippen molar-refractivity contribution in [3.63, 3.8) is 0 Å². The quantitative estimate of drug-likeness (QED) is 0.268. The number of nitroso groups, excluding NO2 is 1. The lowest BCUT2D eigenvalue weighted by atomic mass is 9.98. The van der Waals surface area contributed by atoms with Gasteiger partial charge in [-0.3, -0.25) is 15.0 Å². The van der Waals surface area contributed by atoms with Gasteiger partial charge in [-0.25, -0.2) is 18.2 Å². The van der Waals surface area contributed by atoms with Crippen LogP contribution >= 0.6 is 0 Å². The Morgan fingerprint density at radius 3 is 2.16 bits per heavy atom. The van der Waals surface area contributed by atoms with E-state index in [1.165, 1.54) is 16.8 Å². The normalized spacial score (nSPS) is 15.8. The highest BCUT2D eigenvalue weighted by molar-refractivity contribution is 7.89. The maximum atomic E-state index is 11.2. The summed E-state index contributed by atoms with van der Waals surface area (Å²) < 4.78 is 23.8. The largest absolute Gasteiger partial charge is 0.314 e. The van der Waals surface area contributed by atoms with Crippen LogP contribution in [-0.4, -0.2) is 60.2 Å². The van der Waals surface area contributed by atoms with Crippen molar-refractivity contribution in [2.75, 3.05) is 26.2 Å². The van der Waals surface area contributed by atoms with Crippen LogP contribution in [-0.2, 0) is 10.0 Å². The molecule has 1 aliphatic rings. The molecule has 12 nitrogen and oxygen atoms in total. The van der Waals surface area contributed by atoms with Gasteiger partial charge in [0.1, 0.15) is 6.04 Å². The van der Waals surface area contributed by atoms with Crippen molar-refractivity contribution in [3.05, 3.63) is 86.6 Å². The van der Waals surface area contributed by atoms with Crippen LogP contribution in [0.25, 0.3) is 5.69 Å². The Bertz CT molecular complexity index is 1320. The predicted octanol–water partition coefficient (Wildman–Crippen LogP) is 2.83. The van der Waals surface area contributed by atoms with E-state index in [-0.39, 0.29) is 21.5 Å². The minimum atomic E-state index is -3.72. The first-order chi connectivity index (χ1) is 17.5. The Morgan fingerprint density at radius 1 is 1.08 bits per heavy atom. The van der Waals surface area contributed by atoms with E-state index in [0.717, 1.165) is 31.7 Å². The van der Waals surface area contributed by atoms with Crippen LogP contribution in [0.3, 0.4) is 0 Å². The van der Waals surface area contributed by atoms with Gasteiger partial charge in [0.2, 0.25) is 16.1 Å². The van der Waals surface area contributed by atoms with Crippen molar-refractivity contribution in [2.24, 2.45) is 10.3 Å². The number of piperazine rings is 1. The van der Waals surface area contributed by atoms with E-state index in [4.69, 9.17) is 5.14 Å². The third kappa shape index (κ3) is 6.83. The summed E-state index contributed by atoms with van der Waals surface area (Å²) in [5.74, 6) is 0. The SMILES string of the molecule is CC(C(c1ccccc1)N1CCNCC1)[N+](=O)[O-].Cc1nn(-c2ccc(S(N)(=O)=O)cc2)c(C)c1N=O. The van der Waals surface area contributed by atoms with Gasteiger partial charge < -0.3 is 5.32 Å². The average molecular weight is 530 g/mol. The van der Waals surface area contributed by atoms with E-state index in [1.54, 1.807) is 32.9 Å². The smallest absolute Gasteiger partial charge is 0.238 e. The highest BCUT2D eigenvalue weighted by Crippen LogP contribution is 2.27. The van der Waals surface area contributed by atoms with Crippen LogP contribution in [0.5, 0.6) is 0 Å². The van der Waals surface area contributed by atoms with Gasteiger partial charge in [-0.05, 0) is 48.9 Å². The number of nitro groups is 1. The summed E-state index contributed by atoms with van der Waals surface area (Å²) >= 11 is 0. The standard InChI is InChI=1S/C13H19N3O2.C11H12N4O3S/c1-11(16(17)18)13(12-5-3-2-4-6-12)15-9-7-14-8-10-15;1-7-11(14-16)8(2)15(13-7)9-3-5-10(6-4-9)19(12,17)18/h2-6,11,13-14H,7-10H2,1H3;3-6H,1-2H3,(H2,12,17,18). The summed E-state index contributed by atoms with van der Waals surface area (Å²) in [5, 5.41) is 26.5. The number of aromatic nitrogens is 2. The van der Waals surface area contributed by atoms with Crippen LogP contribution in [0.4, 0.5) is 5.69 Å². The Hall–Kier alpha value is -3.52. The molecule has 2 atom stereocenters. The van der Waals surface area contributed by atoms with Gasteiger partial charge in [-0.2, -0.15) is 5.10 Å². The molecule has 0 amide bonds. The molecule has 3 N–H and O–H groups in total. The molecule has 3 aromatic rings. The number of nitrogens with two attached hydrogens (primary N) is 1. The second-order valence-corrected chi connectivity index (χ2v) is 10.3. The van der Waals surface area contributed by atoms with Crippen molar-refractivity contribution < 1.29 is 13.3 Å². The Labute approximate surface area is 215 Å². The van der Waals surface area contributed by atoms with Gasteiger partial charge >= 0.3 is 0 Å².